The van der Waals surface area contributed by atoms with Crippen LogP contribution in [-0.2, 0) is 0 Å². The summed E-state index contributed by atoms with van der Waals surface area (Å²) in [6.45, 7) is 0. The molecule has 0 aromatic heterocycles. The fraction of sp³-hybridized carbons (Fsp3) is 0. The van der Waals surface area contributed by atoms with Crippen molar-refractivity contribution < 1.29 is 19.1 Å². The summed E-state index contributed by atoms with van der Waals surface area (Å²) < 4.78 is 5.90. The molecule has 0 spiro atoms. The first kappa shape index (κ1) is 17.4. The van der Waals surface area contributed by atoms with E-state index in [0.29, 0.717) is 39.4 Å². The molecule has 6 rings (SSSR count). The molecule has 0 radical (unpaired) electrons. The molecular weight excluding hydrogens is 392 g/mol. The van der Waals surface area contributed by atoms with Crippen molar-refractivity contribution in [2.75, 3.05) is 10.2 Å². The van der Waals surface area contributed by atoms with Crippen molar-refractivity contribution in [3.63, 3.8) is 0 Å². The molecule has 6 heteroatoms. The molecule has 1 N–H and O–H groups in total. The zero-order chi connectivity index (χ0) is 21.1. The van der Waals surface area contributed by atoms with Crippen LogP contribution in [0, 0.1) is 0 Å². The molecule has 31 heavy (non-hydrogen) atoms. The van der Waals surface area contributed by atoms with Crippen LogP contribution in [0.2, 0.25) is 0 Å². The summed E-state index contributed by atoms with van der Waals surface area (Å²) in [6, 6.07) is 22.6. The van der Waals surface area contributed by atoms with Crippen molar-refractivity contribution in [1.29, 1.82) is 0 Å². The maximum absolute atomic E-state index is 13.3. The minimum Gasteiger partial charge on any atom is -0.454 e. The highest BCUT2D eigenvalue weighted by Crippen LogP contribution is 2.38. The highest BCUT2D eigenvalue weighted by molar-refractivity contribution is 6.36. The molecule has 0 unspecified atom stereocenters. The van der Waals surface area contributed by atoms with Crippen molar-refractivity contribution >= 4 is 39.9 Å². The predicted octanol–water partition coefficient (Wildman–Crippen LogP) is 5.00. The summed E-state index contributed by atoms with van der Waals surface area (Å²) in [5.41, 5.74) is 2.01. The van der Waals surface area contributed by atoms with E-state index >= 15 is 0 Å². The molecule has 0 fully saturated rings. The number of carbonyl (C=O) groups is 3. The number of amides is 3. The number of carbonyl (C=O) groups excluding carboxylic acids is 3. The highest BCUT2D eigenvalue weighted by Gasteiger charge is 2.34. The van der Waals surface area contributed by atoms with Gasteiger partial charge in [0.15, 0.2) is 5.75 Å². The smallest absolute Gasteiger partial charge is 0.265 e. The number of fused-ring (bicyclic) bond motifs is 2. The van der Waals surface area contributed by atoms with Crippen LogP contribution >= 0.6 is 0 Å². The van der Waals surface area contributed by atoms with Gasteiger partial charge in [0.1, 0.15) is 5.75 Å². The Balaban J connectivity index is 1.48. The maximum atomic E-state index is 13.3. The maximum Gasteiger partial charge on any atom is 0.265 e. The standard InChI is InChI=1S/C25H14N2O4/c28-23-18-13-15(11-12-20(18)31-21-10-2-1-9-19(21)26-23)27-24(29)16-7-3-5-14-6-4-8-17(22(14)16)25(27)30/h1-13H,(H,26,28). The Morgan fingerprint density at radius 2 is 1.39 bits per heavy atom. The Bertz CT molecular complexity index is 1410. The summed E-state index contributed by atoms with van der Waals surface area (Å²) in [7, 11) is 0. The van der Waals surface area contributed by atoms with Crippen LogP contribution in [-0.4, -0.2) is 17.7 Å². The first-order valence-corrected chi connectivity index (χ1v) is 9.74. The SMILES string of the molecule is O=C1Nc2ccccc2Oc2ccc(N3C(=O)c4cccc5cccc(c45)C3=O)cc21. The lowest BCUT2D eigenvalue weighted by Gasteiger charge is -2.27. The van der Waals surface area contributed by atoms with E-state index in [1.807, 2.05) is 18.2 Å². The van der Waals surface area contributed by atoms with Gasteiger partial charge in [0.2, 0.25) is 0 Å². The first-order valence-electron chi connectivity index (χ1n) is 9.74. The number of rotatable bonds is 1. The molecule has 0 aliphatic carbocycles. The second kappa shape index (κ2) is 6.27. The Labute approximate surface area is 176 Å². The van der Waals surface area contributed by atoms with Gasteiger partial charge in [-0.05, 0) is 47.9 Å². The van der Waals surface area contributed by atoms with Crippen molar-refractivity contribution in [3.8, 4) is 11.5 Å². The minimum absolute atomic E-state index is 0.242. The first-order chi connectivity index (χ1) is 15.1. The predicted molar refractivity (Wildman–Crippen MR) is 116 cm³/mol. The molecular formula is C25H14N2O4. The summed E-state index contributed by atoms with van der Waals surface area (Å²) in [6.07, 6.45) is 0. The number of anilines is 2. The average Bonchev–Trinajstić information content (AvgIpc) is 2.93. The van der Waals surface area contributed by atoms with Gasteiger partial charge in [-0.2, -0.15) is 0 Å². The number of nitrogens with zero attached hydrogens (tertiary/aromatic N) is 1. The van der Waals surface area contributed by atoms with E-state index in [1.54, 1.807) is 54.6 Å². The van der Waals surface area contributed by atoms with E-state index < -0.39 is 11.8 Å². The third-order valence-corrected chi connectivity index (χ3v) is 5.59. The zero-order valence-corrected chi connectivity index (χ0v) is 16.1. The summed E-state index contributed by atoms with van der Waals surface area (Å²) >= 11 is 0. The van der Waals surface area contributed by atoms with Crippen LogP contribution in [0.3, 0.4) is 0 Å². The van der Waals surface area contributed by atoms with Crippen molar-refractivity contribution in [2.24, 2.45) is 0 Å². The van der Waals surface area contributed by atoms with E-state index in [4.69, 9.17) is 4.74 Å². The Hall–Kier alpha value is -4.45. The molecule has 148 valence electrons. The Kier molecular flexibility index (Phi) is 3.52. The van der Waals surface area contributed by atoms with Crippen LogP contribution in [0.1, 0.15) is 31.1 Å². The van der Waals surface area contributed by atoms with Gasteiger partial charge in [-0.15, -0.1) is 0 Å². The number of ether oxygens (including phenoxy) is 1. The van der Waals surface area contributed by atoms with Crippen LogP contribution in [0.25, 0.3) is 10.8 Å². The summed E-state index contributed by atoms with van der Waals surface area (Å²) in [4.78, 5) is 40.5. The molecule has 0 bridgehead atoms. The molecule has 2 aliphatic rings. The van der Waals surface area contributed by atoms with Crippen LogP contribution in [0.15, 0.2) is 78.9 Å². The number of imide groups is 1. The van der Waals surface area contributed by atoms with E-state index in [9.17, 15) is 14.4 Å². The second-order valence-electron chi connectivity index (χ2n) is 7.39. The van der Waals surface area contributed by atoms with Gasteiger partial charge in [-0.1, -0.05) is 36.4 Å². The Morgan fingerprint density at radius 3 is 2.13 bits per heavy atom. The summed E-state index contributed by atoms with van der Waals surface area (Å²) in [5.74, 6) is -0.347. The lowest BCUT2D eigenvalue weighted by Crippen LogP contribution is -2.40. The monoisotopic (exact) mass is 406 g/mol. The lowest BCUT2D eigenvalue weighted by molar-refractivity contribution is 0.0891. The normalized spacial score (nSPS) is 14.5. The number of hydrogen-bond donors (Lipinski definition) is 1. The molecule has 4 aromatic rings. The lowest BCUT2D eigenvalue weighted by atomic mass is 9.93. The zero-order valence-electron chi connectivity index (χ0n) is 16.1. The van der Waals surface area contributed by atoms with Crippen molar-refractivity contribution in [2.45, 2.75) is 0 Å². The molecule has 0 saturated carbocycles. The van der Waals surface area contributed by atoms with Crippen LogP contribution < -0.4 is 15.0 Å². The third-order valence-electron chi connectivity index (χ3n) is 5.59. The minimum atomic E-state index is -0.424. The number of benzene rings is 4. The fourth-order valence-electron chi connectivity index (χ4n) is 4.16. The summed E-state index contributed by atoms with van der Waals surface area (Å²) in [5, 5.41) is 4.30. The topological polar surface area (TPSA) is 75.7 Å². The van der Waals surface area contributed by atoms with Gasteiger partial charge in [0.25, 0.3) is 17.7 Å². The Morgan fingerprint density at radius 1 is 0.677 bits per heavy atom. The van der Waals surface area contributed by atoms with E-state index in [0.717, 1.165) is 10.3 Å². The van der Waals surface area contributed by atoms with Gasteiger partial charge in [0.05, 0.1) is 16.9 Å². The van der Waals surface area contributed by atoms with Gasteiger partial charge >= 0.3 is 0 Å². The van der Waals surface area contributed by atoms with Gasteiger partial charge in [0, 0.05) is 16.5 Å². The van der Waals surface area contributed by atoms with Gasteiger partial charge < -0.3 is 10.1 Å². The average molecular weight is 406 g/mol. The molecule has 2 aliphatic heterocycles. The molecule has 2 heterocycles. The third kappa shape index (κ3) is 2.48. The van der Waals surface area contributed by atoms with Gasteiger partial charge in [-0.3, -0.25) is 14.4 Å². The second-order valence-corrected chi connectivity index (χ2v) is 7.39. The van der Waals surface area contributed by atoms with E-state index in [-0.39, 0.29) is 11.5 Å². The van der Waals surface area contributed by atoms with Crippen LogP contribution in [0.5, 0.6) is 11.5 Å². The largest absolute Gasteiger partial charge is 0.454 e. The van der Waals surface area contributed by atoms with Crippen LogP contribution in [0.4, 0.5) is 11.4 Å². The number of para-hydroxylation sites is 2. The van der Waals surface area contributed by atoms with Crippen molar-refractivity contribution in [1.82, 2.24) is 0 Å². The van der Waals surface area contributed by atoms with E-state index in [2.05, 4.69) is 5.32 Å². The molecule has 3 amide bonds. The molecule has 0 saturated heterocycles. The molecule has 6 nitrogen and oxygen atoms in total. The van der Waals surface area contributed by atoms with Crippen molar-refractivity contribution in [3.05, 3.63) is 95.6 Å². The van der Waals surface area contributed by atoms with Gasteiger partial charge in [-0.25, -0.2) is 4.90 Å². The fourth-order valence-corrected chi connectivity index (χ4v) is 4.16. The number of nitrogens with one attached hydrogen (secondary N) is 1. The van der Waals surface area contributed by atoms with E-state index in [1.165, 1.54) is 6.07 Å². The molecule has 0 atom stereocenters. The molecule has 4 aromatic carbocycles. The highest BCUT2D eigenvalue weighted by atomic mass is 16.5. The number of hydrogen-bond acceptors (Lipinski definition) is 4. The quantitative estimate of drug-likeness (QED) is 0.452.